The Morgan fingerprint density at radius 1 is 0.718 bits per heavy atom. The van der Waals surface area contributed by atoms with Crippen LogP contribution >= 0.6 is 11.3 Å². The van der Waals surface area contributed by atoms with E-state index in [-0.39, 0.29) is 13.1 Å². The number of hydrogen-bond donors (Lipinski definition) is 0. The van der Waals surface area contributed by atoms with Crippen molar-refractivity contribution in [2.75, 3.05) is 31.1 Å². The van der Waals surface area contributed by atoms with E-state index in [1.165, 1.54) is 16.4 Å². The number of thiophene rings is 1. The molecule has 4 rings (SSSR count). The summed E-state index contributed by atoms with van der Waals surface area (Å²) in [6.45, 7) is 1.39. The van der Waals surface area contributed by atoms with Crippen LogP contribution in [0.2, 0.25) is 0 Å². The molecule has 1 fully saturated rings. The largest absolute Gasteiger partial charge is 0.454 e. The van der Waals surface area contributed by atoms with Crippen molar-refractivity contribution >= 4 is 38.6 Å². The zero-order chi connectivity index (χ0) is 29.0. The van der Waals surface area contributed by atoms with Crippen LogP contribution in [0.15, 0.2) is 70.3 Å². The molecular weight excluding hydrogens is 577 g/mol. The van der Waals surface area contributed by atoms with Crippen LogP contribution in [-0.2, 0) is 10.0 Å². The van der Waals surface area contributed by atoms with E-state index < -0.39 is 50.9 Å². The molecule has 1 aliphatic rings. The second-order valence-electron chi connectivity index (χ2n) is 8.03. The van der Waals surface area contributed by atoms with E-state index in [1.54, 1.807) is 17.5 Å². The fraction of sp³-hybridized carbons (Fsp3) is 0.250. The van der Waals surface area contributed by atoms with E-state index in [2.05, 4.69) is 0 Å². The third-order valence-corrected chi connectivity index (χ3v) is 8.72. The number of sulfonamides is 1. The molecule has 210 valence electrons. The second-order valence-corrected chi connectivity index (χ2v) is 11.1. The van der Waals surface area contributed by atoms with Gasteiger partial charge in [0.1, 0.15) is 10.0 Å². The SMILES string of the molecule is O=C(c1ccc(F)cc1)C(F)(F)F.O=C(c1ccc(N2CCN(S(=O)(=O)c3cccs3)CC2)cc1)C(F)(F)F. The number of hydrogen-bond acceptors (Lipinski definition) is 6. The Bertz CT molecular complexity index is 1380. The standard InChI is InChI=1S/C16H15F3N2O3S2.C8H4F4O/c17-16(18,19)15(22)12-3-5-13(6-4-12)20-7-9-21(10-8-20)26(23,24)14-2-1-11-25-14;9-6-3-1-5(2-4-6)7(13)8(10,11)12/h1-6,11H,7-10H2;1-4H. The Morgan fingerprint density at radius 2 is 1.18 bits per heavy atom. The van der Waals surface area contributed by atoms with Crippen LogP contribution in [0, 0.1) is 5.82 Å². The Labute approximate surface area is 222 Å². The molecule has 2 aromatic carbocycles. The lowest BCUT2D eigenvalue weighted by Crippen LogP contribution is -2.48. The molecule has 15 heteroatoms. The van der Waals surface area contributed by atoms with E-state index in [9.17, 15) is 48.7 Å². The minimum atomic E-state index is -4.90. The van der Waals surface area contributed by atoms with Crippen molar-refractivity contribution in [3.8, 4) is 0 Å². The zero-order valence-electron chi connectivity index (χ0n) is 19.7. The summed E-state index contributed by atoms with van der Waals surface area (Å²) in [6, 6.07) is 11.6. The lowest BCUT2D eigenvalue weighted by atomic mass is 10.1. The van der Waals surface area contributed by atoms with Crippen molar-refractivity contribution in [2.24, 2.45) is 0 Å². The predicted octanol–water partition coefficient (Wildman–Crippen LogP) is 5.57. The van der Waals surface area contributed by atoms with Gasteiger partial charge in [-0.1, -0.05) is 6.07 Å². The summed E-state index contributed by atoms with van der Waals surface area (Å²) in [5.74, 6) is -4.53. The molecular formula is C24H19F7N2O4S2. The molecule has 1 aliphatic heterocycles. The van der Waals surface area contributed by atoms with Gasteiger partial charge in [-0.2, -0.15) is 30.6 Å². The molecule has 1 saturated heterocycles. The van der Waals surface area contributed by atoms with Crippen LogP contribution in [0.1, 0.15) is 20.7 Å². The molecule has 0 unspecified atom stereocenters. The number of anilines is 1. The van der Waals surface area contributed by atoms with Gasteiger partial charge in [0, 0.05) is 43.0 Å². The number of carbonyl (C=O) groups excluding carboxylic acids is 2. The average molecular weight is 597 g/mol. The average Bonchev–Trinajstić information content (AvgIpc) is 3.44. The van der Waals surface area contributed by atoms with Gasteiger partial charge in [-0.25, -0.2) is 12.8 Å². The molecule has 39 heavy (non-hydrogen) atoms. The Hall–Kier alpha value is -3.30. The van der Waals surface area contributed by atoms with Gasteiger partial charge in [-0.05, 0) is 60.0 Å². The van der Waals surface area contributed by atoms with E-state index in [0.29, 0.717) is 23.0 Å². The van der Waals surface area contributed by atoms with Gasteiger partial charge in [-0.15, -0.1) is 11.3 Å². The molecule has 0 amide bonds. The molecule has 2 heterocycles. The maximum atomic E-state index is 12.5. The van der Waals surface area contributed by atoms with Gasteiger partial charge in [0.15, 0.2) is 0 Å². The number of alkyl halides is 6. The molecule has 0 atom stereocenters. The van der Waals surface area contributed by atoms with Crippen molar-refractivity contribution in [3.05, 3.63) is 83.0 Å². The highest BCUT2D eigenvalue weighted by Gasteiger charge is 2.40. The Kier molecular flexibility index (Phi) is 9.18. The van der Waals surface area contributed by atoms with E-state index >= 15 is 0 Å². The highest BCUT2D eigenvalue weighted by atomic mass is 32.2. The summed E-state index contributed by atoms with van der Waals surface area (Å²) < 4.78 is 112. The maximum absolute atomic E-state index is 12.5. The first-order valence-corrected chi connectivity index (χ1v) is 13.3. The number of rotatable bonds is 5. The molecule has 0 saturated carbocycles. The first-order chi connectivity index (χ1) is 18.1. The lowest BCUT2D eigenvalue weighted by Gasteiger charge is -2.35. The normalized spacial score (nSPS) is 14.9. The summed E-state index contributed by atoms with van der Waals surface area (Å²) in [5.41, 5.74) is -0.328. The summed E-state index contributed by atoms with van der Waals surface area (Å²) in [6.07, 6.45) is -9.80. The molecule has 0 bridgehead atoms. The van der Waals surface area contributed by atoms with Gasteiger partial charge >= 0.3 is 12.4 Å². The third-order valence-electron chi connectivity index (χ3n) is 5.44. The van der Waals surface area contributed by atoms with Gasteiger partial charge in [-0.3, -0.25) is 9.59 Å². The van der Waals surface area contributed by atoms with Crippen LogP contribution in [-0.4, -0.2) is 62.8 Å². The smallest absolute Gasteiger partial charge is 0.369 e. The van der Waals surface area contributed by atoms with E-state index in [1.807, 2.05) is 4.90 Å². The highest BCUT2D eigenvalue weighted by molar-refractivity contribution is 7.91. The first kappa shape index (κ1) is 30.2. The van der Waals surface area contributed by atoms with E-state index in [4.69, 9.17) is 0 Å². The van der Waals surface area contributed by atoms with Gasteiger partial charge < -0.3 is 4.90 Å². The first-order valence-electron chi connectivity index (χ1n) is 11.0. The molecule has 3 aromatic rings. The van der Waals surface area contributed by atoms with Gasteiger partial charge in [0.05, 0.1) is 0 Å². The quantitative estimate of drug-likeness (QED) is 0.284. The van der Waals surface area contributed by atoms with Crippen molar-refractivity contribution in [3.63, 3.8) is 0 Å². The lowest BCUT2D eigenvalue weighted by molar-refractivity contribution is -0.0888. The molecule has 0 radical (unpaired) electrons. The highest BCUT2D eigenvalue weighted by Crippen LogP contribution is 2.26. The number of nitrogens with zero attached hydrogens (tertiary/aromatic N) is 2. The minimum absolute atomic E-state index is 0.281. The summed E-state index contributed by atoms with van der Waals surface area (Å²) in [4.78, 5) is 23.6. The minimum Gasteiger partial charge on any atom is -0.369 e. The number of piperazine rings is 1. The Balaban J connectivity index is 0.000000272. The summed E-state index contributed by atoms with van der Waals surface area (Å²) in [5, 5.41) is 1.70. The molecule has 1 aromatic heterocycles. The molecule has 0 N–H and O–H groups in total. The number of halogens is 7. The van der Waals surface area contributed by atoms with Crippen molar-refractivity contribution in [1.29, 1.82) is 0 Å². The van der Waals surface area contributed by atoms with Crippen molar-refractivity contribution in [1.82, 2.24) is 4.31 Å². The van der Waals surface area contributed by atoms with Crippen molar-refractivity contribution < 1.29 is 48.7 Å². The Morgan fingerprint density at radius 3 is 1.59 bits per heavy atom. The predicted molar refractivity (Wildman–Crippen MR) is 129 cm³/mol. The molecule has 0 aliphatic carbocycles. The number of ketones is 2. The number of Topliss-reactive ketones (excluding diaryl/α,β-unsaturated/α-hetero) is 2. The molecule has 6 nitrogen and oxygen atoms in total. The molecule has 0 spiro atoms. The fourth-order valence-corrected chi connectivity index (χ4v) is 6.04. The second kappa shape index (κ2) is 11.8. The topological polar surface area (TPSA) is 74.8 Å². The van der Waals surface area contributed by atoms with Crippen LogP contribution < -0.4 is 4.90 Å². The maximum Gasteiger partial charge on any atom is 0.454 e. The summed E-state index contributed by atoms with van der Waals surface area (Å²) in [7, 11) is -3.50. The van der Waals surface area contributed by atoms with Crippen LogP contribution in [0.5, 0.6) is 0 Å². The van der Waals surface area contributed by atoms with Crippen LogP contribution in [0.25, 0.3) is 0 Å². The van der Waals surface area contributed by atoms with E-state index in [0.717, 1.165) is 47.7 Å². The van der Waals surface area contributed by atoms with Crippen molar-refractivity contribution in [2.45, 2.75) is 16.6 Å². The summed E-state index contributed by atoms with van der Waals surface area (Å²) >= 11 is 1.16. The third kappa shape index (κ3) is 7.64. The van der Waals surface area contributed by atoms with Crippen LogP contribution in [0.4, 0.5) is 36.4 Å². The van der Waals surface area contributed by atoms with Gasteiger partial charge in [0.2, 0.25) is 0 Å². The van der Waals surface area contributed by atoms with Gasteiger partial charge in [0.25, 0.3) is 21.6 Å². The van der Waals surface area contributed by atoms with Crippen LogP contribution in [0.3, 0.4) is 0 Å². The number of benzene rings is 2. The fourth-order valence-electron chi connectivity index (χ4n) is 3.48. The number of carbonyl (C=O) groups is 2. The monoisotopic (exact) mass is 596 g/mol. The zero-order valence-corrected chi connectivity index (χ0v) is 21.3.